The molecule has 32 heavy (non-hydrogen) atoms. The first-order valence-electron chi connectivity index (χ1n) is 9.07. The van der Waals surface area contributed by atoms with Gasteiger partial charge < -0.3 is 19.0 Å². The summed E-state index contributed by atoms with van der Waals surface area (Å²) in [7, 11) is 1.37. The fourth-order valence-electron chi connectivity index (χ4n) is 2.79. The van der Waals surface area contributed by atoms with E-state index >= 15 is 0 Å². The monoisotopic (exact) mass is 457 g/mol. The van der Waals surface area contributed by atoms with Crippen LogP contribution in [-0.4, -0.2) is 35.5 Å². The van der Waals surface area contributed by atoms with E-state index in [4.69, 9.17) is 30.6 Å². The van der Waals surface area contributed by atoms with Crippen molar-refractivity contribution in [3.05, 3.63) is 81.1 Å². The van der Waals surface area contributed by atoms with Gasteiger partial charge >= 0.3 is 5.97 Å². The van der Waals surface area contributed by atoms with Gasteiger partial charge in [-0.1, -0.05) is 11.6 Å². The SMILES string of the molecule is COc1cc(C(=O)/C=C/c2ccc(-c3ccc(Cl)cc3[N+](=O)[O-])o2)ccc1OCC(=O)O. The summed E-state index contributed by atoms with van der Waals surface area (Å²) in [6, 6.07) is 11.7. The van der Waals surface area contributed by atoms with Crippen LogP contribution < -0.4 is 9.47 Å². The number of allylic oxidation sites excluding steroid dienone is 1. The quantitative estimate of drug-likeness (QED) is 0.208. The van der Waals surface area contributed by atoms with Crippen LogP contribution in [0, 0.1) is 10.1 Å². The Labute approximate surface area is 186 Å². The summed E-state index contributed by atoms with van der Waals surface area (Å²) in [6.45, 7) is -0.545. The number of furan rings is 1. The molecule has 0 fully saturated rings. The van der Waals surface area contributed by atoms with Crippen molar-refractivity contribution in [1.82, 2.24) is 0 Å². The number of carbonyl (C=O) groups is 2. The van der Waals surface area contributed by atoms with Gasteiger partial charge in [-0.05, 0) is 54.6 Å². The van der Waals surface area contributed by atoms with Crippen molar-refractivity contribution < 1.29 is 33.5 Å². The third kappa shape index (κ3) is 5.32. The molecule has 0 aliphatic heterocycles. The van der Waals surface area contributed by atoms with Crippen molar-refractivity contribution in [1.29, 1.82) is 0 Å². The molecule has 1 heterocycles. The fraction of sp³-hybridized carbons (Fsp3) is 0.0909. The van der Waals surface area contributed by atoms with Crippen LogP contribution in [0.2, 0.25) is 5.02 Å². The normalized spacial score (nSPS) is 10.8. The molecule has 1 aromatic heterocycles. The number of hydrogen-bond donors (Lipinski definition) is 1. The van der Waals surface area contributed by atoms with E-state index in [0.29, 0.717) is 5.76 Å². The van der Waals surface area contributed by atoms with Gasteiger partial charge in [-0.25, -0.2) is 4.79 Å². The molecule has 9 nitrogen and oxygen atoms in total. The molecule has 0 aliphatic rings. The number of carboxylic acids is 1. The van der Waals surface area contributed by atoms with Crippen LogP contribution in [0.15, 0.2) is 59.0 Å². The van der Waals surface area contributed by atoms with E-state index in [0.717, 1.165) is 0 Å². The lowest BCUT2D eigenvalue weighted by Crippen LogP contribution is -2.10. The van der Waals surface area contributed by atoms with Crippen molar-refractivity contribution in [2.75, 3.05) is 13.7 Å². The highest BCUT2D eigenvalue weighted by atomic mass is 35.5. The first-order valence-corrected chi connectivity index (χ1v) is 9.45. The summed E-state index contributed by atoms with van der Waals surface area (Å²) in [5.41, 5.74) is 0.337. The van der Waals surface area contributed by atoms with E-state index in [1.807, 2.05) is 0 Å². The lowest BCUT2D eigenvalue weighted by Gasteiger charge is -2.09. The zero-order valence-corrected chi connectivity index (χ0v) is 17.4. The number of methoxy groups -OCH3 is 1. The van der Waals surface area contributed by atoms with Gasteiger partial charge in [0.25, 0.3) is 5.69 Å². The Morgan fingerprint density at radius 2 is 1.94 bits per heavy atom. The summed E-state index contributed by atoms with van der Waals surface area (Å²) >= 11 is 5.83. The zero-order valence-electron chi connectivity index (χ0n) is 16.6. The number of nitro groups is 1. The highest BCUT2D eigenvalue weighted by Gasteiger charge is 2.18. The predicted molar refractivity (Wildman–Crippen MR) is 115 cm³/mol. The molecule has 0 saturated carbocycles. The Balaban J connectivity index is 1.78. The first-order chi connectivity index (χ1) is 15.3. The molecule has 0 spiro atoms. The Kier molecular flexibility index (Phi) is 6.91. The third-order valence-corrected chi connectivity index (χ3v) is 4.48. The van der Waals surface area contributed by atoms with Crippen molar-refractivity contribution in [2.45, 2.75) is 0 Å². The second-order valence-electron chi connectivity index (χ2n) is 6.37. The molecule has 1 N–H and O–H groups in total. The summed E-state index contributed by atoms with van der Waals surface area (Å²) in [6.07, 6.45) is 2.69. The molecular formula is C22H16ClNO8. The van der Waals surface area contributed by atoms with E-state index in [1.165, 1.54) is 55.7 Å². The number of carbonyl (C=O) groups excluding carboxylic acids is 1. The maximum atomic E-state index is 12.5. The molecule has 0 unspecified atom stereocenters. The molecule has 0 amide bonds. The molecule has 0 saturated heterocycles. The van der Waals surface area contributed by atoms with Crippen LogP contribution >= 0.6 is 11.6 Å². The van der Waals surface area contributed by atoms with Crippen molar-refractivity contribution in [2.24, 2.45) is 0 Å². The van der Waals surface area contributed by atoms with Gasteiger partial charge in [-0.2, -0.15) is 0 Å². The molecule has 3 rings (SSSR count). The molecule has 0 atom stereocenters. The first kappa shape index (κ1) is 22.6. The van der Waals surface area contributed by atoms with E-state index in [9.17, 15) is 19.7 Å². The number of nitrogens with zero attached hydrogens (tertiary/aromatic N) is 1. The molecule has 2 aromatic carbocycles. The van der Waals surface area contributed by atoms with Crippen LogP contribution in [0.4, 0.5) is 5.69 Å². The van der Waals surface area contributed by atoms with E-state index < -0.39 is 17.5 Å². The molecule has 0 radical (unpaired) electrons. The highest BCUT2D eigenvalue weighted by molar-refractivity contribution is 6.30. The van der Waals surface area contributed by atoms with Gasteiger partial charge in [0.05, 0.1) is 17.6 Å². The minimum absolute atomic E-state index is 0.190. The number of rotatable bonds is 9. The van der Waals surface area contributed by atoms with Crippen LogP contribution in [0.3, 0.4) is 0 Å². The minimum atomic E-state index is -1.14. The van der Waals surface area contributed by atoms with Gasteiger partial charge in [0.1, 0.15) is 11.5 Å². The summed E-state index contributed by atoms with van der Waals surface area (Å²) in [4.78, 5) is 33.9. The summed E-state index contributed by atoms with van der Waals surface area (Å²) in [5.74, 6) is -0.551. The number of benzene rings is 2. The molecule has 164 valence electrons. The number of aliphatic carboxylic acids is 1. The predicted octanol–water partition coefficient (Wildman–Crippen LogP) is 4.88. The summed E-state index contributed by atoms with van der Waals surface area (Å²) in [5, 5.41) is 20.2. The Bertz CT molecular complexity index is 1210. The standard InChI is InChI=1S/C22H16ClNO8/c1-30-21-10-13(2-8-20(21)31-12-22(26)27)18(25)7-4-15-5-9-19(32-15)16-6-3-14(23)11-17(16)24(28)29/h2-11H,12H2,1H3,(H,26,27)/b7-4+. The topological polar surface area (TPSA) is 129 Å². The average molecular weight is 458 g/mol. The van der Waals surface area contributed by atoms with Crippen molar-refractivity contribution in [3.8, 4) is 22.8 Å². The summed E-state index contributed by atoms with van der Waals surface area (Å²) < 4.78 is 15.9. The largest absolute Gasteiger partial charge is 0.493 e. The smallest absolute Gasteiger partial charge is 0.341 e. The van der Waals surface area contributed by atoms with Crippen molar-refractivity contribution >= 4 is 35.1 Å². The second kappa shape index (κ2) is 9.80. The van der Waals surface area contributed by atoms with Gasteiger partial charge in [-0.15, -0.1) is 0 Å². The third-order valence-electron chi connectivity index (χ3n) is 4.25. The van der Waals surface area contributed by atoms with E-state index in [1.54, 1.807) is 12.1 Å². The highest BCUT2D eigenvalue weighted by Crippen LogP contribution is 2.33. The lowest BCUT2D eigenvalue weighted by atomic mass is 10.1. The molecular weight excluding hydrogens is 442 g/mol. The fourth-order valence-corrected chi connectivity index (χ4v) is 2.95. The maximum absolute atomic E-state index is 12.5. The minimum Gasteiger partial charge on any atom is -0.493 e. The van der Waals surface area contributed by atoms with Gasteiger partial charge in [0.2, 0.25) is 0 Å². The Morgan fingerprint density at radius 1 is 1.16 bits per heavy atom. The number of ketones is 1. The van der Waals surface area contributed by atoms with Crippen LogP contribution in [-0.2, 0) is 4.79 Å². The number of nitro benzene ring substituents is 1. The van der Waals surface area contributed by atoms with Gasteiger partial charge in [0, 0.05) is 16.7 Å². The van der Waals surface area contributed by atoms with Crippen LogP contribution in [0.5, 0.6) is 11.5 Å². The maximum Gasteiger partial charge on any atom is 0.341 e. The van der Waals surface area contributed by atoms with E-state index in [2.05, 4.69) is 0 Å². The molecule has 10 heteroatoms. The number of hydrogen-bond acceptors (Lipinski definition) is 7. The van der Waals surface area contributed by atoms with Gasteiger partial charge in [-0.3, -0.25) is 14.9 Å². The second-order valence-corrected chi connectivity index (χ2v) is 6.80. The lowest BCUT2D eigenvalue weighted by molar-refractivity contribution is -0.384. The van der Waals surface area contributed by atoms with Crippen molar-refractivity contribution in [3.63, 3.8) is 0 Å². The molecule has 0 aliphatic carbocycles. The van der Waals surface area contributed by atoms with E-state index in [-0.39, 0.29) is 44.9 Å². The molecule has 3 aromatic rings. The average Bonchev–Trinajstić information content (AvgIpc) is 3.24. The van der Waals surface area contributed by atoms with Crippen LogP contribution in [0.1, 0.15) is 16.1 Å². The molecule has 0 bridgehead atoms. The Hall–Kier alpha value is -4.11. The Morgan fingerprint density at radius 3 is 2.62 bits per heavy atom. The number of carboxylic acid groups (broad SMARTS) is 1. The van der Waals surface area contributed by atoms with Crippen LogP contribution in [0.25, 0.3) is 17.4 Å². The zero-order chi connectivity index (χ0) is 23.3. The number of ether oxygens (including phenoxy) is 2. The van der Waals surface area contributed by atoms with Gasteiger partial charge in [0.15, 0.2) is 23.9 Å². The number of halogens is 1.